The predicted octanol–water partition coefficient (Wildman–Crippen LogP) is 12.2. The van der Waals surface area contributed by atoms with Gasteiger partial charge in [-0.3, -0.25) is 0 Å². The molecule has 0 aliphatic carbocycles. The van der Waals surface area contributed by atoms with Crippen molar-refractivity contribution in [2.45, 2.75) is 0 Å². The van der Waals surface area contributed by atoms with E-state index in [1.807, 2.05) is 115 Å². The van der Waals surface area contributed by atoms with Gasteiger partial charge in [-0.2, -0.15) is 0 Å². The van der Waals surface area contributed by atoms with E-state index in [9.17, 15) is 0 Å². The van der Waals surface area contributed by atoms with E-state index in [-0.39, 0.29) is 0 Å². The van der Waals surface area contributed by atoms with Gasteiger partial charge in [0.25, 0.3) is 0 Å². The molecule has 10 rings (SSSR count). The fraction of sp³-hybridized carbons (Fsp3) is 0. The molecule has 0 aliphatic heterocycles. The Bertz CT molecular complexity index is 2920. The van der Waals surface area contributed by atoms with Crippen LogP contribution < -0.4 is 0 Å². The van der Waals surface area contributed by atoms with Crippen LogP contribution >= 0.6 is 0 Å². The van der Waals surface area contributed by atoms with E-state index in [1.165, 1.54) is 0 Å². The lowest BCUT2D eigenvalue weighted by Gasteiger charge is -2.12. The molecule has 0 fully saturated rings. The Labute approximate surface area is 317 Å². The van der Waals surface area contributed by atoms with E-state index in [4.69, 9.17) is 29.3 Å². The number of fused-ring (bicyclic) bond motifs is 3. The number of benzene rings is 7. The summed E-state index contributed by atoms with van der Waals surface area (Å²) in [6, 6.07) is 63.5. The van der Waals surface area contributed by atoms with Crippen LogP contribution in [0.4, 0.5) is 0 Å². The SMILES string of the molecule is c1ccc(-c2nc(-c3cccc(-c4cccc(-c5nc(-c6ccccc6)nc(-c6ccccc6)n5)c4)c3)cc(-c3ccc4oc5ccccc5c4c3)n2)cc1. The van der Waals surface area contributed by atoms with Gasteiger partial charge in [0, 0.05) is 44.2 Å². The quantitative estimate of drug-likeness (QED) is 0.164. The highest BCUT2D eigenvalue weighted by molar-refractivity contribution is 6.06. The fourth-order valence-electron chi connectivity index (χ4n) is 6.98. The third-order valence-corrected chi connectivity index (χ3v) is 9.74. The summed E-state index contributed by atoms with van der Waals surface area (Å²) >= 11 is 0. The molecule has 7 aromatic carbocycles. The predicted molar refractivity (Wildman–Crippen MR) is 221 cm³/mol. The summed E-state index contributed by atoms with van der Waals surface area (Å²) in [5.41, 5.74) is 11.2. The highest BCUT2D eigenvalue weighted by Gasteiger charge is 2.16. The van der Waals surface area contributed by atoms with Crippen LogP contribution in [-0.4, -0.2) is 24.9 Å². The number of hydrogen-bond acceptors (Lipinski definition) is 6. The molecule has 0 saturated carbocycles. The zero-order valence-electron chi connectivity index (χ0n) is 29.5. The Balaban J connectivity index is 1.06. The van der Waals surface area contributed by atoms with E-state index in [0.717, 1.165) is 77.8 Å². The van der Waals surface area contributed by atoms with Crippen molar-refractivity contribution < 1.29 is 4.42 Å². The molecule has 0 radical (unpaired) electrons. The maximum Gasteiger partial charge on any atom is 0.164 e. The average Bonchev–Trinajstić information content (AvgIpc) is 3.65. The molecule has 258 valence electrons. The molecule has 10 aromatic rings. The van der Waals surface area contributed by atoms with E-state index in [2.05, 4.69) is 72.8 Å². The van der Waals surface area contributed by atoms with Crippen molar-refractivity contribution in [1.82, 2.24) is 24.9 Å². The zero-order valence-corrected chi connectivity index (χ0v) is 29.5. The van der Waals surface area contributed by atoms with Gasteiger partial charge in [-0.1, -0.05) is 146 Å². The summed E-state index contributed by atoms with van der Waals surface area (Å²) in [7, 11) is 0. The van der Waals surface area contributed by atoms with Gasteiger partial charge in [0.1, 0.15) is 11.2 Å². The minimum Gasteiger partial charge on any atom is -0.456 e. The lowest BCUT2D eigenvalue weighted by atomic mass is 9.98. The highest BCUT2D eigenvalue weighted by atomic mass is 16.3. The van der Waals surface area contributed by atoms with Gasteiger partial charge in [-0.25, -0.2) is 24.9 Å². The largest absolute Gasteiger partial charge is 0.456 e. The second-order valence-electron chi connectivity index (χ2n) is 13.3. The number of furan rings is 1. The van der Waals surface area contributed by atoms with Crippen LogP contribution in [0, 0.1) is 0 Å². The molecule has 0 unspecified atom stereocenters. The van der Waals surface area contributed by atoms with Crippen molar-refractivity contribution in [3.05, 3.63) is 188 Å². The summed E-state index contributed by atoms with van der Waals surface area (Å²) in [5, 5.41) is 2.14. The van der Waals surface area contributed by atoms with Gasteiger partial charge in [0.2, 0.25) is 0 Å². The van der Waals surface area contributed by atoms with Crippen molar-refractivity contribution in [2.24, 2.45) is 0 Å². The van der Waals surface area contributed by atoms with Crippen molar-refractivity contribution in [3.63, 3.8) is 0 Å². The molecule has 0 bridgehead atoms. The van der Waals surface area contributed by atoms with Crippen LogP contribution in [0.3, 0.4) is 0 Å². The van der Waals surface area contributed by atoms with Gasteiger partial charge in [-0.15, -0.1) is 0 Å². The second kappa shape index (κ2) is 13.8. The third-order valence-electron chi connectivity index (χ3n) is 9.74. The van der Waals surface area contributed by atoms with E-state index < -0.39 is 0 Å². The molecular formula is C49H31N5O. The zero-order chi connectivity index (χ0) is 36.6. The first kappa shape index (κ1) is 32.1. The topological polar surface area (TPSA) is 77.6 Å². The van der Waals surface area contributed by atoms with Gasteiger partial charge < -0.3 is 4.42 Å². The number of rotatable bonds is 7. The normalized spacial score (nSPS) is 11.3. The molecule has 0 N–H and O–H groups in total. The first-order valence-corrected chi connectivity index (χ1v) is 18.2. The lowest BCUT2D eigenvalue weighted by Crippen LogP contribution is -2.00. The van der Waals surface area contributed by atoms with Crippen molar-refractivity contribution >= 4 is 21.9 Å². The van der Waals surface area contributed by atoms with E-state index >= 15 is 0 Å². The smallest absolute Gasteiger partial charge is 0.164 e. The van der Waals surface area contributed by atoms with Gasteiger partial charge >= 0.3 is 0 Å². The minimum absolute atomic E-state index is 0.612. The van der Waals surface area contributed by atoms with Crippen LogP contribution in [0.25, 0.3) is 101 Å². The summed E-state index contributed by atoms with van der Waals surface area (Å²) in [6.07, 6.45) is 0. The number of hydrogen-bond donors (Lipinski definition) is 0. The molecule has 0 aliphatic rings. The van der Waals surface area contributed by atoms with E-state index in [0.29, 0.717) is 23.3 Å². The Morgan fingerprint density at radius 3 is 1.27 bits per heavy atom. The molecular weight excluding hydrogens is 675 g/mol. The van der Waals surface area contributed by atoms with Crippen LogP contribution in [-0.2, 0) is 0 Å². The van der Waals surface area contributed by atoms with Crippen molar-refractivity contribution in [3.8, 4) is 79.2 Å². The fourth-order valence-corrected chi connectivity index (χ4v) is 6.98. The monoisotopic (exact) mass is 705 g/mol. The molecule has 0 atom stereocenters. The first-order chi connectivity index (χ1) is 27.2. The number of nitrogens with zero attached hydrogens (tertiary/aromatic N) is 5. The Hall–Kier alpha value is -7.57. The Morgan fingerprint density at radius 2 is 0.673 bits per heavy atom. The molecule has 6 nitrogen and oxygen atoms in total. The maximum atomic E-state index is 6.13. The minimum atomic E-state index is 0.612. The summed E-state index contributed by atoms with van der Waals surface area (Å²) in [4.78, 5) is 25.0. The van der Waals surface area contributed by atoms with E-state index in [1.54, 1.807) is 0 Å². The van der Waals surface area contributed by atoms with Crippen LogP contribution in [0.2, 0.25) is 0 Å². The molecule has 0 spiro atoms. The van der Waals surface area contributed by atoms with Crippen LogP contribution in [0.1, 0.15) is 0 Å². The number of para-hydroxylation sites is 1. The Kier molecular flexibility index (Phi) is 8.04. The summed E-state index contributed by atoms with van der Waals surface area (Å²) < 4.78 is 6.13. The molecule has 3 heterocycles. The molecule has 0 amide bonds. The molecule has 55 heavy (non-hydrogen) atoms. The van der Waals surface area contributed by atoms with Gasteiger partial charge in [0.15, 0.2) is 23.3 Å². The summed E-state index contributed by atoms with van der Waals surface area (Å²) in [6.45, 7) is 0. The number of aromatic nitrogens is 5. The van der Waals surface area contributed by atoms with Gasteiger partial charge in [-0.05, 0) is 53.6 Å². The standard InChI is InChI=1S/C49H31N5O/c1-4-14-32(15-5-1)46-50-42(31-43(51-46)38-26-27-45-41(30-38)40-24-10-11-25-44(40)55-45)37-22-12-20-35(28-37)36-21-13-23-39(29-36)49-53-47(33-16-6-2-7-17-33)52-48(54-49)34-18-8-3-9-19-34/h1-31H. The highest BCUT2D eigenvalue weighted by Crippen LogP contribution is 2.35. The van der Waals surface area contributed by atoms with Gasteiger partial charge in [0.05, 0.1) is 11.4 Å². The maximum absolute atomic E-state index is 6.13. The average molecular weight is 706 g/mol. The molecule has 0 saturated heterocycles. The molecule has 3 aromatic heterocycles. The van der Waals surface area contributed by atoms with Crippen molar-refractivity contribution in [2.75, 3.05) is 0 Å². The summed E-state index contributed by atoms with van der Waals surface area (Å²) in [5.74, 6) is 2.54. The molecule has 6 heteroatoms. The van der Waals surface area contributed by atoms with Crippen molar-refractivity contribution in [1.29, 1.82) is 0 Å². The van der Waals surface area contributed by atoms with Crippen LogP contribution in [0.5, 0.6) is 0 Å². The lowest BCUT2D eigenvalue weighted by molar-refractivity contribution is 0.669. The third kappa shape index (κ3) is 6.32. The van der Waals surface area contributed by atoms with Crippen LogP contribution in [0.15, 0.2) is 192 Å². The second-order valence-corrected chi connectivity index (χ2v) is 13.3. The first-order valence-electron chi connectivity index (χ1n) is 18.2. The Morgan fingerprint density at radius 1 is 0.255 bits per heavy atom.